The Labute approximate surface area is 113 Å². The van der Waals surface area contributed by atoms with Crippen molar-refractivity contribution in [1.29, 1.82) is 0 Å². The van der Waals surface area contributed by atoms with Crippen LogP contribution in [0.15, 0.2) is 46.9 Å². The number of aliphatic hydroxyl groups excluding tert-OH is 1. The molecule has 94 valence electrons. The van der Waals surface area contributed by atoms with E-state index >= 15 is 0 Å². The molecule has 2 rings (SSSR count). The number of hydrogen-bond acceptors (Lipinski definition) is 2. The van der Waals surface area contributed by atoms with Crippen molar-refractivity contribution >= 4 is 15.9 Å². The quantitative estimate of drug-likeness (QED) is 0.937. The maximum Gasteiger partial charge on any atom is 0.133 e. The van der Waals surface area contributed by atoms with Crippen molar-refractivity contribution in [2.75, 3.05) is 7.11 Å². The number of hydrogen-bond donors (Lipinski definition) is 1. The van der Waals surface area contributed by atoms with Gasteiger partial charge in [0, 0.05) is 16.1 Å². The third kappa shape index (κ3) is 2.71. The van der Waals surface area contributed by atoms with E-state index in [1.54, 1.807) is 24.3 Å². The third-order valence-electron chi connectivity index (χ3n) is 2.67. The minimum Gasteiger partial charge on any atom is -0.497 e. The summed E-state index contributed by atoms with van der Waals surface area (Å²) in [5, 5.41) is 10.2. The van der Waals surface area contributed by atoms with E-state index in [-0.39, 0.29) is 5.56 Å². The number of ether oxygens (including phenoxy) is 1. The minimum absolute atomic E-state index is 0.230. The molecule has 0 amide bonds. The molecule has 0 bridgehead atoms. The van der Waals surface area contributed by atoms with Crippen molar-refractivity contribution < 1.29 is 14.2 Å². The van der Waals surface area contributed by atoms with Gasteiger partial charge >= 0.3 is 0 Å². The van der Waals surface area contributed by atoms with Crippen LogP contribution in [0, 0.1) is 5.82 Å². The normalized spacial score (nSPS) is 12.2. The van der Waals surface area contributed by atoms with Crippen LogP contribution in [0.2, 0.25) is 0 Å². The van der Waals surface area contributed by atoms with Gasteiger partial charge in [-0.1, -0.05) is 28.1 Å². The number of rotatable bonds is 3. The van der Waals surface area contributed by atoms with Gasteiger partial charge in [0.15, 0.2) is 0 Å². The fourth-order valence-electron chi connectivity index (χ4n) is 1.71. The van der Waals surface area contributed by atoms with Crippen molar-refractivity contribution in [3.63, 3.8) is 0 Å². The second-order valence-corrected chi connectivity index (χ2v) is 4.76. The molecule has 0 saturated heterocycles. The third-order valence-corrected chi connectivity index (χ3v) is 3.16. The van der Waals surface area contributed by atoms with Crippen LogP contribution < -0.4 is 4.74 Å². The Kier molecular flexibility index (Phi) is 3.99. The molecule has 0 heterocycles. The fourth-order valence-corrected chi connectivity index (χ4v) is 2.13. The number of halogens is 2. The first-order chi connectivity index (χ1) is 8.61. The highest BCUT2D eigenvalue weighted by Gasteiger charge is 2.15. The van der Waals surface area contributed by atoms with Crippen molar-refractivity contribution in [2.24, 2.45) is 0 Å². The highest BCUT2D eigenvalue weighted by Crippen LogP contribution is 2.28. The second kappa shape index (κ2) is 5.50. The summed E-state index contributed by atoms with van der Waals surface area (Å²) in [6.45, 7) is 0. The maximum atomic E-state index is 13.8. The highest BCUT2D eigenvalue weighted by atomic mass is 79.9. The fraction of sp³-hybridized carbons (Fsp3) is 0.143. The van der Waals surface area contributed by atoms with Gasteiger partial charge in [0.1, 0.15) is 17.7 Å². The Morgan fingerprint density at radius 2 is 2.00 bits per heavy atom. The van der Waals surface area contributed by atoms with Crippen molar-refractivity contribution in [2.45, 2.75) is 6.10 Å². The van der Waals surface area contributed by atoms with E-state index in [2.05, 4.69) is 15.9 Å². The number of benzene rings is 2. The molecule has 4 heteroatoms. The molecular formula is C14H12BrFO2. The molecule has 0 aliphatic carbocycles. The van der Waals surface area contributed by atoms with Gasteiger partial charge in [-0.25, -0.2) is 4.39 Å². The van der Waals surface area contributed by atoms with Crippen molar-refractivity contribution in [3.05, 3.63) is 63.9 Å². The predicted molar refractivity (Wildman–Crippen MR) is 71.2 cm³/mol. The largest absolute Gasteiger partial charge is 0.497 e. The summed E-state index contributed by atoms with van der Waals surface area (Å²) in [7, 11) is 1.47. The first kappa shape index (κ1) is 13.1. The molecule has 0 spiro atoms. The molecule has 2 aromatic carbocycles. The molecule has 0 radical (unpaired) electrons. The minimum atomic E-state index is -0.992. The van der Waals surface area contributed by atoms with E-state index in [0.29, 0.717) is 11.3 Å². The van der Waals surface area contributed by atoms with Gasteiger partial charge in [0.05, 0.1) is 7.11 Å². The Balaban J connectivity index is 2.37. The Bertz CT molecular complexity index is 557. The molecule has 0 fully saturated rings. The Morgan fingerprint density at radius 1 is 1.22 bits per heavy atom. The van der Waals surface area contributed by atoms with Gasteiger partial charge in [-0.15, -0.1) is 0 Å². The summed E-state index contributed by atoms with van der Waals surface area (Å²) in [6, 6.07) is 11.6. The van der Waals surface area contributed by atoms with Crippen LogP contribution in [-0.2, 0) is 0 Å². The Hall–Kier alpha value is -1.39. The summed E-state index contributed by atoms with van der Waals surface area (Å²) in [4.78, 5) is 0. The molecule has 2 aromatic rings. The first-order valence-electron chi connectivity index (χ1n) is 5.39. The van der Waals surface area contributed by atoms with Gasteiger partial charge in [0.2, 0.25) is 0 Å². The highest BCUT2D eigenvalue weighted by molar-refractivity contribution is 9.10. The molecule has 18 heavy (non-hydrogen) atoms. The zero-order valence-corrected chi connectivity index (χ0v) is 11.3. The lowest BCUT2D eigenvalue weighted by Crippen LogP contribution is -2.02. The number of aliphatic hydroxyl groups is 1. The lowest BCUT2D eigenvalue weighted by Gasteiger charge is -2.13. The summed E-state index contributed by atoms with van der Waals surface area (Å²) >= 11 is 3.32. The molecule has 1 atom stereocenters. The lowest BCUT2D eigenvalue weighted by molar-refractivity contribution is 0.214. The molecule has 0 aliphatic rings. The van der Waals surface area contributed by atoms with Gasteiger partial charge in [-0.2, -0.15) is 0 Å². The predicted octanol–water partition coefficient (Wildman–Crippen LogP) is 3.68. The summed E-state index contributed by atoms with van der Waals surface area (Å²) in [5.41, 5.74) is 0.863. The van der Waals surface area contributed by atoms with E-state index in [0.717, 1.165) is 4.47 Å². The molecule has 1 N–H and O–H groups in total. The summed E-state index contributed by atoms with van der Waals surface area (Å²) < 4.78 is 19.6. The first-order valence-corrected chi connectivity index (χ1v) is 6.18. The molecule has 2 nitrogen and oxygen atoms in total. The van der Waals surface area contributed by atoms with Gasteiger partial charge in [-0.3, -0.25) is 0 Å². The van der Waals surface area contributed by atoms with Crippen LogP contribution >= 0.6 is 15.9 Å². The molecule has 0 saturated carbocycles. The SMILES string of the molecule is COc1ccc(C(O)c2cccc(Br)c2)c(F)c1. The zero-order chi connectivity index (χ0) is 13.1. The lowest BCUT2D eigenvalue weighted by atomic mass is 10.0. The average Bonchev–Trinajstić information content (AvgIpc) is 2.37. The number of methoxy groups -OCH3 is 1. The van der Waals surface area contributed by atoms with Crippen LogP contribution in [0.1, 0.15) is 17.2 Å². The van der Waals surface area contributed by atoms with Gasteiger partial charge in [0.25, 0.3) is 0 Å². The van der Waals surface area contributed by atoms with Gasteiger partial charge in [-0.05, 0) is 29.8 Å². The maximum absolute atomic E-state index is 13.8. The van der Waals surface area contributed by atoms with Crippen LogP contribution in [-0.4, -0.2) is 12.2 Å². The summed E-state index contributed by atoms with van der Waals surface area (Å²) in [6.07, 6.45) is -0.992. The van der Waals surface area contributed by atoms with Gasteiger partial charge < -0.3 is 9.84 Å². The van der Waals surface area contributed by atoms with Crippen LogP contribution in [0.25, 0.3) is 0 Å². The van der Waals surface area contributed by atoms with Crippen molar-refractivity contribution in [3.8, 4) is 5.75 Å². The topological polar surface area (TPSA) is 29.5 Å². The van der Waals surface area contributed by atoms with Crippen LogP contribution in [0.5, 0.6) is 5.75 Å². The average molecular weight is 311 g/mol. The monoisotopic (exact) mass is 310 g/mol. The Morgan fingerprint density at radius 3 is 2.61 bits per heavy atom. The van der Waals surface area contributed by atoms with E-state index in [1.807, 2.05) is 6.07 Å². The molecule has 0 aromatic heterocycles. The van der Waals surface area contributed by atoms with E-state index in [1.165, 1.54) is 19.2 Å². The molecule has 0 aliphatic heterocycles. The van der Waals surface area contributed by atoms with Crippen molar-refractivity contribution in [1.82, 2.24) is 0 Å². The second-order valence-electron chi connectivity index (χ2n) is 3.84. The van der Waals surface area contributed by atoms with Crippen LogP contribution in [0.3, 0.4) is 0 Å². The zero-order valence-electron chi connectivity index (χ0n) is 9.73. The van der Waals surface area contributed by atoms with E-state index in [4.69, 9.17) is 4.74 Å². The van der Waals surface area contributed by atoms with E-state index in [9.17, 15) is 9.50 Å². The van der Waals surface area contributed by atoms with Crippen LogP contribution in [0.4, 0.5) is 4.39 Å². The molecular weight excluding hydrogens is 299 g/mol. The molecule has 1 unspecified atom stereocenters. The summed E-state index contributed by atoms with van der Waals surface area (Å²) in [5.74, 6) is -0.0560. The van der Waals surface area contributed by atoms with E-state index < -0.39 is 11.9 Å². The standard InChI is InChI=1S/C14H12BrFO2/c1-18-11-5-6-12(13(16)8-11)14(17)9-3-2-4-10(15)7-9/h2-8,14,17H,1H3. The smallest absolute Gasteiger partial charge is 0.133 e.